The van der Waals surface area contributed by atoms with Gasteiger partial charge in [0.2, 0.25) is 0 Å². The Morgan fingerprint density at radius 2 is 1.96 bits per heavy atom. The van der Waals surface area contributed by atoms with E-state index in [9.17, 15) is 4.79 Å². The minimum absolute atomic E-state index is 0.278. The Kier molecular flexibility index (Phi) is 5.39. The first-order valence-corrected chi connectivity index (χ1v) is 8.70. The molecule has 1 aliphatic rings. The summed E-state index contributed by atoms with van der Waals surface area (Å²) in [4.78, 5) is 16.5. The van der Waals surface area contributed by atoms with E-state index in [4.69, 9.17) is 9.57 Å². The number of hydroxylamine groups is 2. The van der Waals surface area contributed by atoms with E-state index in [1.54, 1.807) is 12.2 Å². The van der Waals surface area contributed by atoms with Crippen LogP contribution in [0.15, 0.2) is 48.5 Å². The average Bonchev–Trinajstić information content (AvgIpc) is 2.61. The molecule has 4 heteroatoms. The molecule has 0 saturated carbocycles. The van der Waals surface area contributed by atoms with E-state index < -0.39 is 0 Å². The van der Waals surface area contributed by atoms with Crippen molar-refractivity contribution < 1.29 is 14.4 Å². The number of hydrogen-bond donors (Lipinski definition) is 0. The second-order valence-corrected chi connectivity index (χ2v) is 6.65. The fourth-order valence-electron chi connectivity index (χ4n) is 3.89. The summed E-state index contributed by atoms with van der Waals surface area (Å²) in [7, 11) is 3.53. The number of fused-ring (bicyclic) bond motifs is 1. The fraction of sp³-hybridized carbons (Fsp3) is 0.381. The number of methoxy groups -OCH3 is 1. The van der Waals surface area contributed by atoms with Crippen LogP contribution in [0.3, 0.4) is 0 Å². The van der Waals surface area contributed by atoms with Crippen LogP contribution < -0.4 is 4.74 Å². The maximum Gasteiger partial charge on any atom is 0.322 e. The molecule has 0 bridgehead atoms. The Labute approximate surface area is 149 Å². The van der Waals surface area contributed by atoms with Gasteiger partial charge in [0.25, 0.3) is 0 Å². The number of nitrogens with zero attached hydrogens (tertiary/aromatic N) is 1. The minimum Gasteiger partial charge on any atom is -0.497 e. The van der Waals surface area contributed by atoms with Crippen LogP contribution in [0.5, 0.6) is 5.75 Å². The summed E-state index contributed by atoms with van der Waals surface area (Å²) in [5.41, 5.74) is 3.99. The molecule has 1 aliphatic carbocycles. The second-order valence-electron chi connectivity index (χ2n) is 6.65. The van der Waals surface area contributed by atoms with Gasteiger partial charge in [-0.05, 0) is 47.6 Å². The predicted molar refractivity (Wildman–Crippen MR) is 97.5 cm³/mol. The van der Waals surface area contributed by atoms with Crippen molar-refractivity contribution in [2.24, 2.45) is 5.92 Å². The summed E-state index contributed by atoms with van der Waals surface area (Å²) < 4.78 is 5.39. The number of carbonyl (C=O) groups is 1. The average molecular weight is 339 g/mol. The lowest BCUT2D eigenvalue weighted by Gasteiger charge is -2.36. The molecule has 2 atom stereocenters. The molecule has 0 aromatic heterocycles. The van der Waals surface area contributed by atoms with E-state index in [0.717, 1.165) is 18.6 Å². The van der Waals surface area contributed by atoms with Crippen molar-refractivity contribution in [3.8, 4) is 5.75 Å². The molecule has 3 rings (SSSR count). The Hall–Kier alpha value is -2.33. The van der Waals surface area contributed by atoms with Gasteiger partial charge >= 0.3 is 5.97 Å². The van der Waals surface area contributed by atoms with Crippen LogP contribution in [0.1, 0.15) is 36.0 Å². The van der Waals surface area contributed by atoms with E-state index in [1.165, 1.54) is 23.6 Å². The first-order valence-electron chi connectivity index (χ1n) is 8.70. The molecule has 132 valence electrons. The SMILES string of the molecule is COc1ccc2c(c1)CC[C@H](CN(C)OC(C)=O)[C@@H]2c1ccccc1. The lowest BCUT2D eigenvalue weighted by atomic mass is 9.71. The zero-order valence-electron chi connectivity index (χ0n) is 15.1. The first-order chi connectivity index (χ1) is 12.1. The van der Waals surface area contributed by atoms with Crippen molar-refractivity contribution in [1.29, 1.82) is 0 Å². The lowest BCUT2D eigenvalue weighted by Crippen LogP contribution is -2.33. The van der Waals surface area contributed by atoms with E-state index in [2.05, 4.69) is 36.4 Å². The molecule has 0 N–H and O–H groups in total. The standard InChI is InChI=1S/C21H25NO3/c1-15(23)25-22(2)14-18-10-9-17-13-19(24-3)11-12-20(17)21(18)16-7-5-4-6-8-16/h4-8,11-13,18,21H,9-10,14H2,1-3H3/t18-,21+/m1/s1. The van der Waals surface area contributed by atoms with Gasteiger partial charge in [-0.25, -0.2) is 0 Å². The van der Waals surface area contributed by atoms with Crippen molar-refractivity contribution in [2.45, 2.75) is 25.7 Å². The normalized spacial score (nSPS) is 19.4. The molecule has 25 heavy (non-hydrogen) atoms. The zero-order chi connectivity index (χ0) is 17.8. The molecule has 0 aliphatic heterocycles. The van der Waals surface area contributed by atoms with Crippen molar-refractivity contribution >= 4 is 5.97 Å². The summed E-state index contributed by atoms with van der Waals surface area (Å²) in [5.74, 6) is 1.29. The molecule has 0 unspecified atom stereocenters. The Morgan fingerprint density at radius 1 is 1.20 bits per heavy atom. The van der Waals surface area contributed by atoms with Gasteiger partial charge < -0.3 is 9.57 Å². The molecule has 0 fully saturated rings. The Bertz CT molecular complexity index is 729. The second kappa shape index (κ2) is 7.70. The van der Waals surface area contributed by atoms with E-state index in [-0.39, 0.29) is 11.9 Å². The molecular weight excluding hydrogens is 314 g/mol. The molecule has 2 aromatic carbocycles. The third kappa shape index (κ3) is 4.02. The molecule has 0 radical (unpaired) electrons. The van der Waals surface area contributed by atoms with Crippen LogP contribution >= 0.6 is 0 Å². The summed E-state index contributed by atoms with van der Waals surface area (Å²) in [5, 5.41) is 1.66. The number of benzene rings is 2. The molecule has 2 aromatic rings. The molecule has 0 heterocycles. The predicted octanol–water partition coefficient (Wildman–Crippen LogP) is 3.80. The number of carbonyl (C=O) groups excluding carboxylic acids is 1. The third-order valence-electron chi connectivity index (χ3n) is 4.88. The monoisotopic (exact) mass is 339 g/mol. The quantitative estimate of drug-likeness (QED) is 0.777. The van der Waals surface area contributed by atoms with Gasteiger partial charge in [-0.2, -0.15) is 0 Å². The number of rotatable bonds is 5. The van der Waals surface area contributed by atoms with Crippen molar-refractivity contribution in [2.75, 3.05) is 20.7 Å². The van der Waals surface area contributed by atoms with Crippen LogP contribution in [0.2, 0.25) is 0 Å². The van der Waals surface area contributed by atoms with Crippen LogP contribution in [0, 0.1) is 5.92 Å². The highest BCUT2D eigenvalue weighted by atomic mass is 16.7. The van der Waals surface area contributed by atoms with Crippen molar-refractivity contribution in [3.63, 3.8) is 0 Å². The van der Waals surface area contributed by atoms with Crippen molar-refractivity contribution in [3.05, 3.63) is 65.2 Å². The highest BCUT2D eigenvalue weighted by Gasteiger charge is 2.32. The summed E-state index contributed by atoms with van der Waals surface area (Å²) in [6, 6.07) is 16.9. The number of aryl methyl sites for hydroxylation is 1. The van der Waals surface area contributed by atoms with Gasteiger partial charge in [0.1, 0.15) is 5.75 Å². The highest BCUT2D eigenvalue weighted by molar-refractivity contribution is 5.65. The summed E-state index contributed by atoms with van der Waals surface area (Å²) >= 11 is 0. The Morgan fingerprint density at radius 3 is 2.64 bits per heavy atom. The third-order valence-corrected chi connectivity index (χ3v) is 4.88. The van der Waals surface area contributed by atoms with Gasteiger partial charge in [0.05, 0.1) is 7.11 Å². The molecule has 0 amide bonds. The maximum absolute atomic E-state index is 11.2. The van der Waals surface area contributed by atoms with Gasteiger partial charge in [-0.3, -0.25) is 4.79 Å². The van der Waals surface area contributed by atoms with Gasteiger partial charge in [-0.1, -0.05) is 36.4 Å². The smallest absolute Gasteiger partial charge is 0.322 e. The molecular formula is C21H25NO3. The lowest BCUT2D eigenvalue weighted by molar-refractivity contribution is -0.184. The fourth-order valence-corrected chi connectivity index (χ4v) is 3.89. The van der Waals surface area contributed by atoms with Crippen LogP contribution in [-0.4, -0.2) is 31.7 Å². The van der Waals surface area contributed by atoms with Crippen LogP contribution in [0.4, 0.5) is 0 Å². The van der Waals surface area contributed by atoms with Crippen LogP contribution in [0.25, 0.3) is 0 Å². The molecule has 0 saturated heterocycles. The van der Waals surface area contributed by atoms with Crippen LogP contribution in [-0.2, 0) is 16.1 Å². The van der Waals surface area contributed by atoms with Crippen molar-refractivity contribution in [1.82, 2.24) is 5.06 Å². The minimum atomic E-state index is -0.278. The number of hydrogen-bond acceptors (Lipinski definition) is 4. The van der Waals surface area contributed by atoms with Gasteiger partial charge in [-0.15, -0.1) is 5.06 Å². The van der Waals surface area contributed by atoms with Gasteiger partial charge in [0, 0.05) is 26.4 Å². The highest BCUT2D eigenvalue weighted by Crippen LogP contribution is 2.42. The molecule has 0 spiro atoms. The van der Waals surface area contributed by atoms with E-state index in [1.807, 2.05) is 19.2 Å². The van der Waals surface area contributed by atoms with E-state index in [0.29, 0.717) is 12.5 Å². The topological polar surface area (TPSA) is 38.8 Å². The number of ether oxygens (including phenoxy) is 1. The molecule has 4 nitrogen and oxygen atoms in total. The zero-order valence-corrected chi connectivity index (χ0v) is 15.1. The maximum atomic E-state index is 11.2. The van der Waals surface area contributed by atoms with Gasteiger partial charge in [0.15, 0.2) is 0 Å². The summed E-state index contributed by atoms with van der Waals surface area (Å²) in [6.45, 7) is 2.15. The Balaban J connectivity index is 1.94. The largest absolute Gasteiger partial charge is 0.497 e. The van der Waals surface area contributed by atoms with E-state index >= 15 is 0 Å². The summed E-state index contributed by atoms with van der Waals surface area (Å²) in [6.07, 6.45) is 2.06. The first kappa shape index (κ1) is 17.5.